The van der Waals surface area contributed by atoms with Crippen LogP contribution in [0.15, 0.2) is 52.1 Å². The molecule has 4 rings (SSSR count). The number of carbonyl (C=O) groups excluding carboxylic acids is 1. The smallest absolute Gasteiger partial charge is 0.277 e. The Morgan fingerprint density at radius 2 is 2.04 bits per heavy atom. The summed E-state index contributed by atoms with van der Waals surface area (Å²) in [6.07, 6.45) is -0.636. The fourth-order valence-electron chi connectivity index (χ4n) is 2.50. The average Bonchev–Trinajstić information content (AvgIpc) is 3.36. The molecule has 0 spiro atoms. The zero-order chi connectivity index (χ0) is 19.5. The Kier molecular flexibility index (Phi) is 5.16. The van der Waals surface area contributed by atoms with E-state index in [4.69, 9.17) is 18.6 Å². The summed E-state index contributed by atoms with van der Waals surface area (Å²) in [5.41, 5.74) is 0.507. The number of halogens is 1. The summed E-state index contributed by atoms with van der Waals surface area (Å²) in [4.78, 5) is 12.4. The molecule has 144 valence electrons. The number of fused-ring (bicyclic) bond motifs is 1. The number of para-hydroxylation sites is 1. The number of benzene rings is 2. The number of hydrogen-bond acceptors (Lipinski definition) is 8. The molecule has 0 bridgehead atoms. The van der Waals surface area contributed by atoms with E-state index in [0.29, 0.717) is 17.1 Å². The molecule has 0 radical (unpaired) electrons. The van der Waals surface area contributed by atoms with E-state index >= 15 is 0 Å². The molecule has 7 nitrogen and oxygen atoms in total. The quantitative estimate of drug-likeness (QED) is 0.432. The second-order valence-electron chi connectivity index (χ2n) is 5.88. The lowest BCUT2D eigenvalue weighted by atomic mass is 10.1. The van der Waals surface area contributed by atoms with E-state index in [1.165, 1.54) is 12.1 Å². The lowest BCUT2D eigenvalue weighted by Crippen LogP contribution is -2.04. The number of hydrogen-bond donors (Lipinski definition) is 0. The van der Waals surface area contributed by atoms with Gasteiger partial charge in [-0.3, -0.25) is 4.79 Å². The maximum Gasteiger partial charge on any atom is 0.277 e. The first-order chi connectivity index (χ1) is 13.6. The molecule has 1 unspecified atom stereocenters. The van der Waals surface area contributed by atoms with E-state index in [0.717, 1.165) is 11.8 Å². The lowest BCUT2D eigenvalue weighted by Gasteiger charge is -2.11. The molecule has 0 amide bonds. The van der Waals surface area contributed by atoms with Gasteiger partial charge in [0.25, 0.3) is 11.1 Å². The highest BCUT2D eigenvalue weighted by atomic mass is 32.2. The third-order valence-electron chi connectivity index (χ3n) is 3.93. The predicted octanol–water partition coefficient (Wildman–Crippen LogP) is 4.05. The Hall–Kier alpha value is -3.07. The molecule has 1 aliphatic rings. The summed E-state index contributed by atoms with van der Waals surface area (Å²) >= 11 is 1.11. The molecule has 3 aromatic rings. The van der Waals surface area contributed by atoms with Gasteiger partial charge in [-0.15, -0.1) is 10.2 Å². The Labute approximate surface area is 163 Å². The van der Waals surface area contributed by atoms with Crippen molar-refractivity contribution >= 4 is 17.5 Å². The second kappa shape index (κ2) is 7.89. The molecule has 0 saturated heterocycles. The minimum atomic E-state index is -0.636. The van der Waals surface area contributed by atoms with Crippen molar-refractivity contribution in [2.24, 2.45) is 0 Å². The van der Waals surface area contributed by atoms with Crippen molar-refractivity contribution in [3.8, 4) is 17.2 Å². The number of Topliss-reactive ketones (excluding diaryl/α,β-unsaturated/α-hetero) is 1. The molecule has 0 N–H and O–H groups in total. The average molecular weight is 402 g/mol. The molecule has 28 heavy (non-hydrogen) atoms. The van der Waals surface area contributed by atoms with E-state index in [2.05, 4.69) is 10.2 Å². The van der Waals surface area contributed by atoms with Gasteiger partial charge < -0.3 is 18.6 Å². The van der Waals surface area contributed by atoms with Crippen molar-refractivity contribution in [2.45, 2.75) is 18.3 Å². The fraction of sp³-hybridized carbons (Fsp3) is 0.211. The molecule has 2 heterocycles. The van der Waals surface area contributed by atoms with Crippen molar-refractivity contribution in [2.75, 3.05) is 12.5 Å². The van der Waals surface area contributed by atoms with Crippen LogP contribution in [0.3, 0.4) is 0 Å². The van der Waals surface area contributed by atoms with Crippen molar-refractivity contribution in [1.82, 2.24) is 10.2 Å². The maximum atomic E-state index is 13.7. The molecule has 1 atom stereocenters. The van der Waals surface area contributed by atoms with Crippen molar-refractivity contribution in [1.29, 1.82) is 0 Å². The van der Waals surface area contributed by atoms with Crippen molar-refractivity contribution in [3.63, 3.8) is 0 Å². The Balaban J connectivity index is 1.35. The van der Waals surface area contributed by atoms with Gasteiger partial charge in [0.15, 0.2) is 35.0 Å². The second-order valence-corrected chi connectivity index (χ2v) is 6.80. The van der Waals surface area contributed by atoms with Gasteiger partial charge >= 0.3 is 0 Å². The number of carbonyl (C=O) groups is 1. The number of nitrogens with zero attached hydrogens (tertiary/aromatic N) is 2. The molecular weight excluding hydrogens is 387 g/mol. The van der Waals surface area contributed by atoms with Crippen molar-refractivity contribution < 1.29 is 27.8 Å². The number of rotatable bonds is 7. The number of thioether (sulfide) groups is 1. The Morgan fingerprint density at radius 3 is 2.89 bits per heavy atom. The van der Waals surface area contributed by atoms with Crippen LogP contribution in [0, 0.1) is 5.82 Å². The third kappa shape index (κ3) is 3.94. The van der Waals surface area contributed by atoms with Crippen LogP contribution in [0.2, 0.25) is 0 Å². The van der Waals surface area contributed by atoms with Crippen LogP contribution >= 0.6 is 11.8 Å². The summed E-state index contributed by atoms with van der Waals surface area (Å²) in [6, 6.07) is 11.1. The van der Waals surface area contributed by atoms with Gasteiger partial charge in [-0.2, -0.15) is 0 Å². The molecule has 0 saturated carbocycles. The van der Waals surface area contributed by atoms with Gasteiger partial charge in [-0.1, -0.05) is 23.9 Å². The fourth-order valence-corrected chi connectivity index (χ4v) is 3.17. The summed E-state index contributed by atoms with van der Waals surface area (Å²) in [5, 5.41) is 8.04. The Morgan fingerprint density at radius 1 is 1.21 bits per heavy atom. The molecule has 1 aliphatic heterocycles. The van der Waals surface area contributed by atoms with Crippen LogP contribution in [-0.4, -0.2) is 28.5 Å². The van der Waals surface area contributed by atoms with Gasteiger partial charge in [0.1, 0.15) is 0 Å². The van der Waals surface area contributed by atoms with Crippen LogP contribution in [0.1, 0.15) is 29.3 Å². The van der Waals surface area contributed by atoms with Gasteiger partial charge in [0.05, 0.1) is 5.75 Å². The first kappa shape index (κ1) is 18.3. The summed E-state index contributed by atoms with van der Waals surface area (Å²) in [5.74, 6) is 0.992. The summed E-state index contributed by atoms with van der Waals surface area (Å²) in [6.45, 7) is 1.83. The molecule has 1 aromatic heterocycles. The monoisotopic (exact) mass is 402 g/mol. The zero-order valence-corrected chi connectivity index (χ0v) is 15.6. The first-order valence-electron chi connectivity index (χ1n) is 8.40. The minimum absolute atomic E-state index is 0.0976. The van der Waals surface area contributed by atoms with E-state index in [1.807, 2.05) is 0 Å². The van der Waals surface area contributed by atoms with Gasteiger partial charge in [0, 0.05) is 5.56 Å². The first-order valence-corrected chi connectivity index (χ1v) is 9.39. The highest BCUT2D eigenvalue weighted by Crippen LogP contribution is 2.33. The highest BCUT2D eigenvalue weighted by Gasteiger charge is 2.20. The molecule has 0 aliphatic carbocycles. The number of ether oxygens (including phenoxy) is 3. The summed E-state index contributed by atoms with van der Waals surface area (Å²) in [7, 11) is 0. The van der Waals surface area contributed by atoms with Crippen LogP contribution < -0.4 is 14.2 Å². The zero-order valence-electron chi connectivity index (χ0n) is 14.8. The van der Waals surface area contributed by atoms with Crippen LogP contribution in [0.25, 0.3) is 0 Å². The lowest BCUT2D eigenvalue weighted by molar-refractivity contribution is 0.102. The van der Waals surface area contributed by atoms with Crippen LogP contribution in [-0.2, 0) is 0 Å². The van der Waals surface area contributed by atoms with E-state index < -0.39 is 11.9 Å². The Bertz CT molecular complexity index is 1010. The standard InChI is InChI=1S/C19H15FN2O5S/c1-11(26-15-5-3-2-4-13(15)20)18-21-22-19(27-18)28-9-14(23)12-6-7-16-17(8-12)25-10-24-16/h2-8,11H,9-10H2,1H3. The summed E-state index contributed by atoms with van der Waals surface area (Å²) < 4.78 is 35.2. The molecule has 9 heteroatoms. The normalized spacial score (nSPS) is 13.4. The highest BCUT2D eigenvalue weighted by molar-refractivity contribution is 7.99. The molecular formula is C19H15FN2O5S. The predicted molar refractivity (Wildman–Crippen MR) is 97.4 cm³/mol. The van der Waals surface area contributed by atoms with Crippen LogP contribution in [0.5, 0.6) is 17.2 Å². The van der Waals surface area contributed by atoms with Gasteiger partial charge in [-0.05, 0) is 37.3 Å². The molecule has 0 fully saturated rings. The van der Waals surface area contributed by atoms with E-state index in [-0.39, 0.29) is 35.2 Å². The number of aromatic nitrogens is 2. The molecule has 2 aromatic carbocycles. The SMILES string of the molecule is CC(Oc1ccccc1F)c1nnc(SCC(=O)c2ccc3c(c2)OCO3)o1. The van der Waals surface area contributed by atoms with Gasteiger partial charge in [0.2, 0.25) is 6.79 Å². The topological polar surface area (TPSA) is 83.7 Å². The van der Waals surface area contributed by atoms with E-state index in [9.17, 15) is 9.18 Å². The van der Waals surface area contributed by atoms with E-state index in [1.54, 1.807) is 37.3 Å². The largest absolute Gasteiger partial charge is 0.478 e. The third-order valence-corrected chi connectivity index (χ3v) is 4.75. The number of ketones is 1. The van der Waals surface area contributed by atoms with Crippen LogP contribution in [0.4, 0.5) is 4.39 Å². The van der Waals surface area contributed by atoms with Crippen molar-refractivity contribution in [3.05, 3.63) is 59.7 Å². The maximum absolute atomic E-state index is 13.7. The van der Waals surface area contributed by atoms with Gasteiger partial charge in [-0.25, -0.2) is 4.39 Å². The minimum Gasteiger partial charge on any atom is -0.478 e.